The van der Waals surface area contributed by atoms with Crippen LogP contribution < -0.4 is 4.74 Å². The van der Waals surface area contributed by atoms with E-state index in [2.05, 4.69) is 6.58 Å². The summed E-state index contributed by atoms with van der Waals surface area (Å²) in [4.78, 5) is 0. The molecular formula is C15H14O3. The highest BCUT2D eigenvalue weighted by molar-refractivity contribution is 5.48. The van der Waals surface area contributed by atoms with Crippen LogP contribution in [0.25, 0.3) is 6.08 Å². The van der Waals surface area contributed by atoms with E-state index in [-0.39, 0.29) is 18.1 Å². The van der Waals surface area contributed by atoms with Crippen molar-refractivity contribution < 1.29 is 14.9 Å². The number of benzene rings is 2. The van der Waals surface area contributed by atoms with Gasteiger partial charge >= 0.3 is 0 Å². The number of aromatic hydroxyl groups is 2. The Labute approximate surface area is 106 Å². The van der Waals surface area contributed by atoms with E-state index in [1.54, 1.807) is 12.1 Å². The molecular weight excluding hydrogens is 228 g/mol. The molecule has 2 aromatic rings. The Bertz CT molecular complexity index is 544. The smallest absolute Gasteiger partial charge is 0.125 e. The lowest BCUT2D eigenvalue weighted by atomic mass is 10.2. The highest BCUT2D eigenvalue weighted by Gasteiger charge is 2.03. The fourth-order valence-electron chi connectivity index (χ4n) is 1.54. The Morgan fingerprint density at radius 1 is 1.06 bits per heavy atom. The Hall–Kier alpha value is -2.42. The molecule has 2 N–H and O–H groups in total. The molecule has 0 unspecified atom stereocenters. The molecule has 0 aromatic heterocycles. The van der Waals surface area contributed by atoms with Gasteiger partial charge < -0.3 is 14.9 Å². The van der Waals surface area contributed by atoms with E-state index in [1.807, 2.05) is 24.3 Å². The van der Waals surface area contributed by atoms with Gasteiger partial charge in [-0.15, -0.1) is 0 Å². The topological polar surface area (TPSA) is 49.7 Å². The van der Waals surface area contributed by atoms with E-state index in [0.717, 1.165) is 5.56 Å². The molecule has 3 nitrogen and oxygen atoms in total. The van der Waals surface area contributed by atoms with Crippen LogP contribution in [0.4, 0.5) is 0 Å². The molecule has 92 valence electrons. The fraction of sp³-hybridized carbons (Fsp3) is 0.0667. The second-order valence-electron chi connectivity index (χ2n) is 3.87. The molecule has 0 saturated heterocycles. The minimum Gasteiger partial charge on any atom is -0.508 e. The predicted octanol–water partition coefficient (Wildman–Crippen LogP) is 3.32. The van der Waals surface area contributed by atoms with Crippen molar-refractivity contribution in [2.45, 2.75) is 6.61 Å². The summed E-state index contributed by atoms with van der Waals surface area (Å²) in [5.74, 6) is 0.775. The van der Waals surface area contributed by atoms with Crippen LogP contribution in [0.15, 0.2) is 49.0 Å². The van der Waals surface area contributed by atoms with Gasteiger partial charge in [-0.25, -0.2) is 0 Å². The second kappa shape index (κ2) is 5.27. The van der Waals surface area contributed by atoms with Crippen LogP contribution in [0, 0.1) is 0 Å². The Morgan fingerprint density at radius 2 is 1.78 bits per heavy atom. The molecule has 0 bridgehead atoms. The molecule has 0 aliphatic rings. The van der Waals surface area contributed by atoms with Gasteiger partial charge in [0.2, 0.25) is 0 Å². The summed E-state index contributed by atoms with van der Waals surface area (Å²) in [6, 6.07) is 11.9. The Kier molecular flexibility index (Phi) is 3.53. The van der Waals surface area contributed by atoms with Crippen LogP contribution in [0.5, 0.6) is 17.2 Å². The summed E-state index contributed by atoms with van der Waals surface area (Å²) < 4.78 is 5.54. The average molecular weight is 242 g/mol. The first-order valence-corrected chi connectivity index (χ1v) is 5.55. The van der Waals surface area contributed by atoms with Crippen LogP contribution in [0.1, 0.15) is 11.1 Å². The fourth-order valence-corrected chi connectivity index (χ4v) is 1.54. The van der Waals surface area contributed by atoms with Crippen LogP contribution in [0.2, 0.25) is 0 Å². The van der Waals surface area contributed by atoms with Gasteiger partial charge in [-0.1, -0.05) is 24.8 Å². The SMILES string of the molecule is C=Cc1ccc(OCc2ccc(O)cc2O)cc1. The summed E-state index contributed by atoms with van der Waals surface area (Å²) in [7, 11) is 0. The quantitative estimate of drug-likeness (QED) is 0.864. The second-order valence-corrected chi connectivity index (χ2v) is 3.87. The summed E-state index contributed by atoms with van der Waals surface area (Å²) in [5, 5.41) is 18.8. The molecule has 0 heterocycles. The Balaban J connectivity index is 2.04. The van der Waals surface area contributed by atoms with Crippen LogP contribution in [-0.2, 0) is 6.61 Å². The van der Waals surface area contributed by atoms with Crippen molar-refractivity contribution in [3.63, 3.8) is 0 Å². The van der Waals surface area contributed by atoms with Crippen molar-refractivity contribution in [3.8, 4) is 17.2 Å². The molecule has 0 aliphatic carbocycles. The Morgan fingerprint density at radius 3 is 2.39 bits per heavy atom. The van der Waals surface area contributed by atoms with Gasteiger partial charge in [0.25, 0.3) is 0 Å². The van der Waals surface area contributed by atoms with Gasteiger partial charge in [0.15, 0.2) is 0 Å². The molecule has 18 heavy (non-hydrogen) atoms. The van der Waals surface area contributed by atoms with Crippen molar-refractivity contribution in [1.82, 2.24) is 0 Å². The minimum absolute atomic E-state index is 0.0257. The summed E-state index contributed by atoms with van der Waals surface area (Å²) in [6.07, 6.45) is 1.76. The maximum atomic E-state index is 9.60. The number of phenols is 2. The number of rotatable bonds is 4. The predicted molar refractivity (Wildman–Crippen MR) is 70.6 cm³/mol. The molecule has 0 saturated carbocycles. The van der Waals surface area contributed by atoms with Gasteiger partial charge in [0.1, 0.15) is 23.9 Å². The van der Waals surface area contributed by atoms with Crippen molar-refractivity contribution in [2.75, 3.05) is 0 Å². The lowest BCUT2D eigenvalue weighted by molar-refractivity contribution is 0.298. The molecule has 0 spiro atoms. The zero-order valence-electron chi connectivity index (χ0n) is 9.84. The van der Waals surface area contributed by atoms with Crippen LogP contribution in [0.3, 0.4) is 0 Å². The van der Waals surface area contributed by atoms with Crippen molar-refractivity contribution in [2.24, 2.45) is 0 Å². The largest absolute Gasteiger partial charge is 0.508 e. The lowest BCUT2D eigenvalue weighted by Crippen LogP contribution is -1.95. The van der Waals surface area contributed by atoms with Crippen molar-refractivity contribution in [1.29, 1.82) is 0 Å². The third-order valence-corrected chi connectivity index (χ3v) is 2.58. The zero-order chi connectivity index (χ0) is 13.0. The van der Waals surface area contributed by atoms with Gasteiger partial charge in [0, 0.05) is 11.6 Å². The number of hydrogen-bond acceptors (Lipinski definition) is 3. The first-order chi connectivity index (χ1) is 8.69. The number of ether oxygens (including phenoxy) is 1. The monoisotopic (exact) mass is 242 g/mol. The molecule has 2 rings (SSSR count). The van der Waals surface area contributed by atoms with Crippen molar-refractivity contribution in [3.05, 3.63) is 60.2 Å². The standard InChI is InChI=1S/C15H14O3/c1-2-11-3-7-14(8-4-11)18-10-12-5-6-13(16)9-15(12)17/h2-9,16-17H,1,10H2. The number of phenolic OH excluding ortho intramolecular Hbond substituents is 2. The van der Waals surface area contributed by atoms with E-state index in [0.29, 0.717) is 11.3 Å². The van der Waals surface area contributed by atoms with Gasteiger partial charge in [0.05, 0.1) is 0 Å². The molecule has 0 aliphatic heterocycles. The molecule has 0 amide bonds. The molecule has 0 fully saturated rings. The van der Waals surface area contributed by atoms with E-state index < -0.39 is 0 Å². The lowest BCUT2D eigenvalue weighted by Gasteiger charge is -2.08. The highest BCUT2D eigenvalue weighted by Crippen LogP contribution is 2.24. The summed E-state index contributed by atoms with van der Waals surface area (Å²) in [5.41, 5.74) is 1.65. The highest BCUT2D eigenvalue weighted by atomic mass is 16.5. The van der Waals surface area contributed by atoms with Gasteiger partial charge in [-0.2, -0.15) is 0 Å². The zero-order valence-corrected chi connectivity index (χ0v) is 9.84. The minimum atomic E-state index is 0.0257. The van der Waals surface area contributed by atoms with Crippen LogP contribution >= 0.6 is 0 Å². The van der Waals surface area contributed by atoms with E-state index >= 15 is 0 Å². The first kappa shape index (κ1) is 12.0. The molecule has 2 aromatic carbocycles. The van der Waals surface area contributed by atoms with Gasteiger partial charge in [-0.05, 0) is 29.8 Å². The molecule has 0 atom stereocenters. The summed E-state index contributed by atoms with van der Waals surface area (Å²) >= 11 is 0. The average Bonchev–Trinajstić information content (AvgIpc) is 2.38. The molecule has 0 radical (unpaired) electrons. The van der Waals surface area contributed by atoms with Crippen molar-refractivity contribution >= 4 is 6.08 Å². The normalized spacial score (nSPS) is 10.0. The number of hydrogen-bond donors (Lipinski definition) is 2. The third-order valence-electron chi connectivity index (χ3n) is 2.58. The summed E-state index contributed by atoms with van der Waals surface area (Å²) in [6.45, 7) is 3.93. The van der Waals surface area contributed by atoms with Gasteiger partial charge in [-0.3, -0.25) is 0 Å². The third kappa shape index (κ3) is 2.83. The first-order valence-electron chi connectivity index (χ1n) is 5.55. The maximum absolute atomic E-state index is 9.60. The van der Waals surface area contributed by atoms with E-state index in [9.17, 15) is 10.2 Å². The van der Waals surface area contributed by atoms with Crippen LogP contribution in [-0.4, -0.2) is 10.2 Å². The molecule has 3 heteroatoms. The maximum Gasteiger partial charge on any atom is 0.125 e. The van der Waals surface area contributed by atoms with E-state index in [4.69, 9.17) is 4.74 Å². The van der Waals surface area contributed by atoms with E-state index in [1.165, 1.54) is 12.1 Å².